The van der Waals surface area contributed by atoms with Gasteiger partial charge in [0.25, 0.3) is 0 Å². The van der Waals surface area contributed by atoms with Crippen LogP contribution in [0.5, 0.6) is 5.75 Å². The third kappa shape index (κ3) is 3.63. The monoisotopic (exact) mass is 271 g/mol. The number of nitrogens with zero attached hydrogens (tertiary/aromatic N) is 2. The van der Waals surface area contributed by atoms with Gasteiger partial charge in [-0.15, -0.1) is 12.4 Å². The maximum atomic E-state index is 12.1. The van der Waals surface area contributed by atoms with Gasteiger partial charge in [-0.25, -0.2) is 4.39 Å². The first-order valence-corrected chi connectivity index (χ1v) is 5.39. The zero-order valence-electron chi connectivity index (χ0n) is 9.71. The fraction of sp³-hybridized carbons (Fsp3) is 0.250. The van der Waals surface area contributed by atoms with Crippen molar-refractivity contribution in [2.24, 2.45) is 0 Å². The Labute approximate surface area is 111 Å². The van der Waals surface area contributed by atoms with Gasteiger partial charge in [-0.3, -0.25) is 4.68 Å². The summed E-state index contributed by atoms with van der Waals surface area (Å²) < 4.78 is 13.6. The molecule has 98 valence electrons. The highest BCUT2D eigenvalue weighted by atomic mass is 35.5. The third-order valence-electron chi connectivity index (χ3n) is 2.42. The zero-order valence-corrected chi connectivity index (χ0v) is 10.5. The molecule has 2 N–H and O–H groups in total. The number of hydrogen-bond donors (Lipinski definition) is 2. The molecule has 6 heteroatoms. The van der Waals surface area contributed by atoms with Crippen LogP contribution in [0.1, 0.15) is 5.56 Å². The summed E-state index contributed by atoms with van der Waals surface area (Å²) in [6.07, 6.45) is 3.37. The van der Waals surface area contributed by atoms with Crippen molar-refractivity contribution in [1.29, 1.82) is 0 Å². The highest BCUT2D eigenvalue weighted by Gasteiger charge is 2.01. The smallest absolute Gasteiger partial charge is 0.120 e. The highest BCUT2D eigenvalue weighted by molar-refractivity contribution is 5.85. The number of rotatable bonds is 5. The van der Waals surface area contributed by atoms with E-state index in [4.69, 9.17) is 0 Å². The minimum atomic E-state index is -0.430. The van der Waals surface area contributed by atoms with Crippen LogP contribution in [0.3, 0.4) is 0 Å². The Morgan fingerprint density at radius 3 is 2.83 bits per heavy atom. The molecule has 0 radical (unpaired) electrons. The summed E-state index contributed by atoms with van der Waals surface area (Å²) in [5.41, 5.74) is 1.62. The molecule has 0 bridgehead atoms. The number of aromatic hydroxyl groups is 1. The summed E-state index contributed by atoms with van der Waals surface area (Å²) in [5, 5.41) is 16.7. The molecule has 0 aliphatic heterocycles. The molecule has 0 saturated heterocycles. The molecule has 0 aliphatic carbocycles. The predicted molar refractivity (Wildman–Crippen MR) is 70.9 cm³/mol. The fourth-order valence-corrected chi connectivity index (χ4v) is 1.52. The molecule has 2 rings (SSSR count). The van der Waals surface area contributed by atoms with Crippen LogP contribution < -0.4 is 5.32 Å². The number of aryl methyl sites for hydroxylation is 1. The van der Waals surface area contributed by atoms with Crippen molar-refractivity contribution >= 4 is 18.1 Å². The zero-order chi connectivity index (χ0) is 12.1. The number of aromatic nitrogens is 2. The topological polar surface area (TPSA) is 50.1 Å². The summed E-state index contributed by atoms with van der Waals surface area (Å²) in [6, 6.07) is 7.12. The van der Waals surface area contributed by atoms with Gasteiger partial charge in [0.1, 0.15) is 12.4 Å². The number of halogens is 2. The molecule has 0 saturated carbocycles. The Kier molecular flexibility index (Phi) is 5.45. The molecule has 18 heavy (non-hydrogen) atoms. The Morgan fingerprint density at radius 2 is 2.11 bits per heavy atom. The SMILES string of the molecule is Cl.Oc1ccccc1CNc1cnn(CCF)c1. The number of anilines is 1. The molecule has 0 atom stereocenters. The van der Waals surface area contributed by atoms with Crippen molar-refractivity contribution in [1.82, 2.24) is 9.78 Å². The molecule has 0 unspecified atom stereocenters. The van der Waals surface area contributed by atoms with Gasteiger partial charge in [0, 0.05) is 18.3 Å². The second-order valence-electron chi connectivity index (χ2n) is 3.66. The molecule has 2 aromatic rings. The van der Waals surface area contributed by atoms with E-state index in [1.54, 1.807) is 24.5 Å². The molecular weight excluding hydrogens is 257 g/mol. The van der Waals surface area contributed by atoms with Crippen molar-refractivity contribution in [2.75, 3.05) is 12.0 Å². The average molecular weight is 272 g/mol. The molecule has 0 spiro atoms. The van der Waals surface area contributed by atoms with Gasteiger partial charge < -0.3 is 10.4 Å². The van der Waals surface area contributed by atoms with Crippen LogP contribution in [-0.2, 0) is 13.1 Å². The number of alkyl halides is 1. The number of benzene rings is 1. The summed E-state index contributed by atoms with van der Waals surface area (Å²) in [5.74, 6) is 0.260. The molecule has 1 aromatic heterocycles. The molecule has 1 aromatic carbocycles. The largest absolute Gasteiger partial charge is 0.508 e. The number of nitrogens with one attached hydrogen (secondary N) is 1. The second-order valence-corrected chi connectivity index (χ2v) is 3.66. The summed E-state index contributed by atoms with van der Waals surface area (Å²) in [6.45, 7) is 0.340. The number of para-hydroxylation sites is 1. The maximum absolute atomic E-state index is 12.1. The van der Waals surface area contributed by atoms with Crippen molar-refractivity contribution in [3.63, 3.8) is 0 Å². The molecule has 4 nitrogen and oxygen atoms in total. The predicted octanol–water partition coefficient (Wildman–Crippen LogP) is 2.59. The van der Waals surface area contributed by atoms with Gasteiger partial charge in [-0.1, -0.05) is 18.2 Å². The summed E-state index contributed by atoms with van der Waals surface area (Å²) in [7, 11) is 0. The number of hydrogen-bond acceptors (Lipinski definition) is 3. The van der Waals surface area contributed by atoms with E-state index >= 15 is 0 Å². The molecule has 0 fully saturated rings. The first-order valence-electron chi connectivity index (χ1n) is 5.39. The Balaban J connectivity index is 0.00000162. The van der Waals surface area contributed by atoms with Crippen LogP contribution in [0.15, 0.2) is 36.7 Å². The van der Waals surface area contributed by atoms with Crippen LogP contribution in [0.2, 0.25) is 0 Å². The van der Waals surface area contributed by atoms with Gasteiger partial charge in [-0.2, -0.15) is 5.10 Å². The van der Waals surface area contributed by atoms with Gasteiger partial charge in [0.05, 0.1) is 18.4 Å². The van der Waals surface area contributed by atoms with Crippen LogP contribution >= 0.6 is 12.4 Å². The lowest BCUT2D eigenvalue weighted by Crippen LogP contribution is -2.00. The Bertz CT molecular complexity index is 490. The normalized spacial score (nSPS) is 9.83. The van der Waals surface area contributed by atoms with Crippen LogP contribution in [0.4, 0.5) is 10.1 Å². The van der Waals surface area contributed by atoms with Gasteiger partial charge >= 0.3 is 0 Å². The Morgan fingerprint density at radius 1 is 1.33 bits per heavy atom. The molecule has 0 amide bonds. The van der Waals surface area contributed by atoms with E-state index in [0.717, 1.165) is 11.3 Å². The quantitative estimate of drug-likeness (QED) is 0.879. The van der Waals surface area contributed by atoms with E-state index < -0.39 is 6.67 Å². The van der Waals surface area contributed by atoms with Crippen molar-refractivity contribution in [3.05, 3.63) is 42.2 Å². The average Bonchev–Trinajstić information content (AvgIpc) is 2.76. The van der Waals surface area contributed by atoms with E-state index in [2.05, 4.69) is 10.4 Å². The first kappa shape index (κ1) is 14.3. The van der Waals surface area contributed by atoms with Crippen molar-refractivity contribution in [2.45, 2.75) is 13.1 Å². The van der Waals surface area contributed by atoms with Crippen LogP contribution in [0.25, 0.3) is 0 Å². The standard InChI is InChI=1S/C12H14FN3O.ClH/c13-5-6-16-9-11(8-15-16)14-7-10-3-1-2-4-12(10)17;/h1-4,8-9,14,17H,5-7H2;1H. The third-order valence-corrected chi connectivity index (χ3v) is 2.42. The fourth-order valence-electron chi connectivity index (χ4n) is 1.52. The van der Waals surface area contributed by atoms with E-state index in [1.165, 1.54) is 4.68 Å². The van der Waals surface area contributed by atoms with Crippen molar-refractivity contribution in [3.8, 4) is 5.75 Å². The number of phenols is 1. The molecular formula is C12H15ClFN3O. The van der Waals surface area contributed by atoms with Crippen LogP contribution in [0, 0.1) is 0 Å². The van der Waals surface area contributed by atoms with E-state index in [0.29, 0.717) is 6.54 Å². The lowest BCUT2D eigenvalue weighted by molar-refractivity contribution is 0.427. The summed E-state index contributed by atoms with van der Waals surface area (Å²) >= 11 is 0. The van der Waals surface area contributed by atoms with Gasteiger partial charge in [-0.05, 0) is 6.07 Å². The minimum absolute atomic E-state index is 0. The molecule has 1 heterocycles. The summed E-state index contributed by atoms with van der Waals surface area (Å²) in [4.78, 5) is 0. The first-order chi connectivity index (χ1) is 8.29. The minimum Gasteiger partial charge on any atom is -0.508 e. The maximum Gasteiger partial charge on any atom is 0.120 e. The van der Waals surface area contributed by atoms with Crippen molar-refractivity contribution < 1.29 is 9.50 Å². The highest BCUT2D eigenvalue weighted by Crippen LogP contribution is 2.17. The molecule has 0 aliphatic rings. The van der Waals surface area contributed by atoms with Gasteiger partial charge in [0.15, 0.2) is 0 Å². The van der Waals surface area contributed by atoms with E-state index in [9.17, 15) is 9.50 Å². The van der Waals surface area contributed by atoms with Crippen LogP contribution in [-0.4, -0.2) is 21.6 Å². The Hall–Kier alpha value is -1.75. The second kappa shape index (κ2) is 6.86. The van der Waals surface area contributed by atoms with Gasteiger partial charge in [0.2, 0.25) is 0 Å². The lowest BCUT2D eigenvalue weighted by atomic mass is 10.2. The van der Waals surface area contributed by atoms with E-state index in [1.807, 2.05) is 12.1 Å². The van der Waals surface area contributed by atoms with E-state index in [-0.39, 0.29) is 24.7 Å². The lowest BCUT2D eigenvalue weighted by Gasteiger charge is -2.05. The number of phenolic OH excluding ortho intramolecular Hbond substituents is 1.